The zero-order valence-electron chi connectivity index (χ0n) is 13.3. The van der Waals surface area contributed by atoms with Gasteiger partial charge in [-0.05, 0) is 56.3 Å². The van der Waals surface area contributed by atoms with Crippen molar-refractivity contribution in [3.05, 3.63) is 30.1 Å². The Morgan fingerprint density at radius 1 is 1.22 bits per heavy atom. The number of nitrogens with one attached hydrogen (secondary N) is 2. The molecule has 1 amide bonds. The molecule has 0 unspecified atom stereocenters. The summed E-state index contributed by atoms with van der Waals surface area (Å²) in [6.07, 6.45) is 4.96. The average molecular weight is 342 g/mol. The first-order chi connectivity index (χ1) is 10.7. The summed E-state index contributed by atoms with van der Waals surface area (Å²) in [5.41, 5.74) is 0.519. The number of amides is 1. The SMILES string of the molecule is Cl.O=C(CN1CCC(NCC2CC2)CC1)Nc1cccc(F)c1. The monoisotopic (exact) mass is 341 g/mol. The van der Waals surface area contributed by atoms with Gasteiger partial charge in [0, 0.05) is 24.8 Å². The van der Waals surface area contributed by atoms with Gasteiger partial charge in [0.1, 0.15) is 5.82 Å². The minimum absolute atomic E-state index is 0. The Labute approximate surface area is 143 Å². The second-order valence-corrected chi connectivity index (χ2v) is 6.46. The second kappa shape index (κ2) is 8.62. The molecular weight excluding hydrogens is 317 g/mol. The molecule has 1 heterocycles. The molecule has 128 valence electrons. The summed E-state index contributed by atoms with van der Waals surface area (Å²) in [5.74, 6) is 0.505. The molecule has 0 atom stereocenters. The van der Waals surface area contributed by atoms with Gasteiger partial charge < -0.3 is 10.6 Å². The summed E-state index contributed by atoms with van der Waals surface area (Å²) in [6, 6.07) is 6.61. The van der Waals surface area contributed by atoms with Crippen LogP contribution in [0.15, 0.2) is 24.3 Å². The van der Waals surface area contributed by atoms with Gasteiger partial charge in [0.2, 0.25) is 5.91 Å². The van der Waals surface area contributed by atoms with E-state index >= 15 is 0 Å². The van der Waals surface area contributed by atoms with Gasteiger partial charge in [0.15, 0.2) is 0 Å². The Balaban J connectivity index is 0.00000192. The van der Waals surface area contributed by atoms with E-state index in [2.05, 4.69) is 15.5 Å². The maximum absolute atomic E-state index is 13.1. The molecular formula is C17H25ClFN3O. The zero-order chi connectivity index (χ0) is 15.4. The number of rotatable bonds is 6. The van der Waals surface area contributed by atoms with Gasteiger partial charge in [-0.3, -0.25) is 9.69 Å². The smallest absolute Gasteiger partial charge is 0.238 e. The van der Waals surface area contributed by atoms with Gasteiger partial charge >= 0.3 is 0 Å². The highest BCUT2D eigenvalue weighted by Crippen LogP contribution is 2.28. The molecule has 1 aromatic carbocycles. The summed E-state index contributed by atoms with van der Waals surface area (Å²) in [6.45, 7) is 3.42. The van der Waals surface area contributed by atoms with Crippen molar-refractivity contribution in [2.24, 2.45) is 5.92 Å². The maximum atomic E-state index is 13.1. The summed E-state index contributed by atoms with van der Waals surface area (Å²) in [4.78, 5) is 14.2. The molecule has 1 saturated heterocycles. The van der Waals surface area contributed by atoms with Crippen LogP contribution in [0.5, 0.6) is 0 Å². The fraction of sp³-hybridized carbons (Fsp3) is 0.588. The van der Waals surface area contributed by atoms with Crippen LogP contribution in [0.4, 0.5) is 10.1 Å². The van der Waals surface area contributed by atoms with Gasteiger partial charge in [0.25, 0.3) is 0 Å². The molecule has 1 aromatic rings. The number of likely N-dealkylation sites (tertiary alicyclic amines) is 1. The lowest BCUT2D eigenvalue weighted by atomic mass is 10.0. The number of piperidine rings is 1. The summed E-state index contributed by atoms with van der Waals surface area (Å²) < 4.78 is 13.1. The molecule has 0 radical (unpaired) electrons. The van der Waals surface area contributed by atoms with Gasteiger partial charge in [0.05, 0.1) is 6.54 Å². The van der Waals surface area contributed by atoms with Crippen molar-refractivity contribution in [2.45, 2.75) is 31.7 Å². The number of nitrogens with zero attached hydrogens (tertiary/aromatic N) is 1. The van der Waals surface area contributed by atoms with E-state index < -0.39 is 0 Å². The molecule has 2 aliphatic rings. The van der Waals surface area contributed by atoms with E-state index in [0.29, 0.717) is 18.3 Å². The highest BCUT2D eigenvalue weighted by Gasteiger charge is 2.24. The van der Waals surface area contributed by atoms with Crippen molar-refractivity contribution in [3.8, 4) is 0 Å². The van der Waals surface area contributed by atoms with Crippen LogP contribution in [0, 0.1) is 11.7 Å². The van der Waals surface area contributed by atoms with Crippen LogP contribution < -0.4 is 10.6 Å². The molecule has 0 bridgehead atoms. The second-order valence-electron chi connectivity index (χ2n) is 6.46. The molecule has 4 nitrogen and oxygen atoms in total. The topological polar surface area (TPSA) is 44.4 Å². The minimum atomic E-state index is -0.333. The average Bonchev–Trinajstić information content (AvgIpc) is 3.31. The first-order valence-electron chi connectivity index (χ1n) is 8.20. The first-order valence-corrected chi connectivity index (χ1v) is 8.20. The van der Waals surface area contributed by atoms with Crippen LogP contribution in [0.2, 0.25) is 0 Å². The Bertz CT molecular complexity index is 516. The van der Waals surface area contributed by atoms with Crippen LogP contribution in [-0.4, -0.2) is 43.0 Å². The molecule has 1 aliphatic carbocycles. The molecule has 6 heteroatoms. The third kappa shape index (κ3) is 6.09. The van der Waals surface area contributed by atoms with Crippen LogP contribution in [-0.2, 0) is 4.79 Å². The number of benzene rings is 1. The Hall–Kier alpha value is -1.17. The van der Waals surface area contributed by atoms with E-state index in [1.807, 2.05) is 0 Å². The quantitative estimate of drug-likeness (QED) is 0.836. The number of carbonyl (C=O) groups excluding carboxylic acids is 1. The molecule has 23 heavy (non-hydrogen) atoms. The van der Waals surface area contributed by atoms with E-state index in [1.54, 1.807) is 12.1 Å². The number of hydrogen-bond donors (Lipinski definition) is 2. The third-order valence-corrected chi connectivity index (χ3v) is 4.46. The number of carbonyl (C=O) groups is 1. The molecule has 0 spiro atoms. The van der Waals surface area contributed by atoms with Crippen LogP contribution >= 0.6 is 12.4 Å². The van der Waals surface area contributed by atoms with Crippen molar-refractivity contribution < 1.29 is 9.18 Å². The van der Waals surface area contributed by atoms with Crippen molar-refractivity contribution in [1.29, 1.82) is 0 Å². The summed E-state index contributed by atoms with van der Waals surface area (Å²) >= 11 is 0. The van der Waals surface area contributed by atoms with Gasteiger partial charge in [-0.1, -0.05) is 6.07 Å². The Morgan fingerprint density at radius 2 is 1.96 bits per heavy atom. The van der Waals surface area contributed by atoms with E-state index in [9.17, 15) is 9.18 Å². The molecule has 2 fully saturated rings. The van der Waals surface area contributed by atoms with Crippen LogP contribution in [0.3, 0.4) is 0 Å². The fourth-order valence-electron chi connectivity index (χ4n) is 2.92. The maximum Gasteiger partial charge on any atom is 0.238 e. The molecule has 3 rings (SSSR count). The Kier molecular flexibility index (Phi) is 6.81. The first kappa shape index (κ1) is 18.2. The highest BCUT2D eigenvalue weighted by molar-refractivity contribution is 5.92. The predicted octanol–water partition coefficient (Wildman–Crippen LogP) is 2.65. The largest absolute Gasteiger partial charge is 0.325 e. The van der Waals surface area contributed by atoms with E-state index in [-0.39, 0.29) is 24.1 Å². The standard InChI is InChI=1S/C17H24FN3O.ClH/c18-14-2-1-3-16(10-14)20-17(22)12-21-8-6-15(7-9-21)19-11-13-4-5-13;/h1-3,10,13,15,19H,4-9,11-12H2,(H,20,22);1H. The number of halogens is 2. The molecule has 1 saturated carbocycles. The van der Waals surface area contributed by atoms with Crippen LogP contribution in [0.25, 0.3) is 0 Å². The summed E-state index contributed by atoms with van der Waals surface area (Å²) in [5, 5.41) is 6.39. The third-order valence-electron chi connectivity index (χ3n) is 4.46. The lowest BCUT2D eigenvalue weighted by Crippen LogP contribution is -2.45. The van der Waals surface area contributed by atoms with Crippen molar-refractivity contribution in [1.82, 2.24) is 10.2 Å². The van der Waals surface area contributed by atoms with Gasteiger partial charge in [-0.15, -0.1) is 12.4 Å². The van der Waals surface area contributed by atoms with Gasteiger partial charge in [-0.2, -0.15) is 0 Å². The molecule has 1 aliphatic heterocycles. The highest BCUT2D eigenvalue weighted by atomic mass is 35.5. The van der Waals surface area contributed by atoms with E-state index in [4.69, 9.17) is 0 Å². The minimum Gasteiger partial charge on any atom is -0.325 e. The number of anilines is 1. The van der Waals surface area contributed by atoms with Gasteiger partial charge in [-0.25, -0.2) is 4.39 Å². The van der Waals surface area contributed by atoms with Crippen molar-refractivity contribution >= 4 is 24.0 Å². The van der Waals surface area contributed by atoms with E-state index in [0.717, 1.165) is 38.4 Å². The van der Waals surface area contributed by atoms with Crippen molar-refractivity contribution in [2.75, 3.05) is 31.5 Å². The van der Waals surface area contributed by atoms with Crippen LogP contribution in [0.1, 0.15) is 25.7 Å². The molecule has 0 aromatic heterocycles. The molecule has 2 N–H and O–H groups in total. The lowest BCUT2D eigenvalue weighted by Gasteiger charge is -2.32. The summed E-state index contributed by atoms with van der Waals surface area (Å²) in [7, 11) is 0. The lowest BCUT2D eigenvalue weighted by molar-refractivity contribution is -0.117. The zero-order valence-corrected chi connectivity index (χ0v) is 14.1. The normalized spacial score (nSPS) is 19.2. The van der Waals surface area contributed by atoms with E-state index in [1.165, 1.54) is 25.0 Å². The number of hydrogen-bond acceptors (Lipinski definition) is 3. The Morgan fingerprint density at radius 3 is 2.61 bits per heavy atom. The van der Waals surface area contributed by atoms with Crippen molar-refractivity contribution in [3.63, 3.8) is 0 Å². The predicted molar refractivity (Wildman–Crippen MR) is 92.5 cm³/mol. The fourth-order valence-corrected chi connectivity index (χ4v) is 2.92.